The molecular weight excluding hydrogens is 158 g/mol. The summed E-state index contributed by atoms with van der Waals surface area (Å²) in [6.45, 7) is 4.41. The van der Waals surface area contributed by atoms with E-state index in [-0.39, 0.29) is 0 Å². The third kappa shape index (κ3) is 1.46. The van der Waals surface area contributed by atoms with Gasteiger partial charge < -0.3 is 5.32 Å². The first kappa shape index (κ1) is 8.36. The molecule has 2 rings (SSSR count). The van der Waals surface area contributed by atoms with Crippen LogP contribution < -0.4 is 5.32 Å². The maximum atomic E-state index is 3.29. The van der Waals surface area contributed by atoms with Crippen molar-refractivity contribution in [2.75, 3.05) is 5.32 Å². The van der Waals surface area contributed by atoms with E-state index in [1.807, 2.05) is 6.20 Å². The SMILES string of the molecule is CCc1ccc2c(c1)NC=CC2C. The second-order valence-corrected chi connectivity index (χ2v) is 3.57. The number of hydrogen-bond donors (Lipinski definition) is 1. The molecule has 0 saturated heterocycles. The minimum atomic E-state index is 0.544. The first-order chi connectivity index (χ1) is 6.31. The van der Waals surface area contributed by atoms with Crippen LogP contribution in [0.3, 0.4) is 0 Å². The number of allylic oxidation sites excluding steroid dienone is 1. The molecule has 13 heavy (non-hydrogen) atoms. The molecule has 0 aromatic heterocycles. The molecule has 0 amide bonds. The van der Waals surface area contributed by atoms with E-state index in [9.17, 15) is 0 Å². The molecule has 1 unspecified atom stereocenters. The Kier molecular flexibility index (Phi) is 2.09. The van der Waals surface area contributed by atoms with Gasteiger partial charge in [-0.2, -0.15) is 0 Å². The topological polar surface area (TPSA) is 12.0 Å². The lowest BCUT2D eigenvalue weighted by Gasteiger charge is -2.19. The summed E-state index contributed by atoms with van der Waals surface area (Å²) in [5.74, 6) is 0.544. The van der Waals surface area contributed by atoms with Crippen LogP contribution >= 0.6 is 0 Å². The number of fused-ring (bicyclic) bond motifs is 1. The Morgan fingerprint density at radius 1 is 1.38 bits per heavy atom. The summed E-state index contributed by atoms with van der Waals surface area (Å²) in [6.07, 6.45) is 5.33. The summed E-state index contributed by atoms with van der Waals surface area (Å²) in [5, 5.41) is 3.29. The Balaban J connectivity index is 2.43. The lowest BCUT2D eigenvalue weighted by molar-refractivity contribution is 0.949. The molecule has 1 aliphatic heterocycles. The van der Waals surface area contributed by atoms with Crippen molar-refractivity contribution in [2.24, 2.45) is 0 Å². The number of benzene rings is 1. The molecule has 0 saturated carbocycles. The quantitative estimate of drug-likeness (QED) is 0.687. The van der Waals surface area contributed by atoms with Gasteiger partial charge >= 0.3 is 0 Å². The molecule has 0 bridgehead atoms. The van der Waals surface area contributed by atoms with Crippen LogP contribution in [0.5, 0.6) is 0 Å². The highest BCUT2D eigenvalue weighted by Crippen LogP contribution is 2.29. The lowest BCUT2D eigenvalue weighted by Crippen LogP contribution is -2.04. The predicted molar refractivity (Wildman–Crippen MR) is 57.0 cm³/mol. The molecule has 1 aromatic carbocycles. The summed E-state index contributed by atoms with van der Waals surface area (Å²) in [7, 11) is 0. The average molecular weight is 173 g/mol. The van der Waals surface area contributed by atoms with Gasteiger partial charge in [-0.25, -0.2) is 0 Å². The molecule has 0 spiro atoms. The van der Waals surface area contributed by atoms with Crippen LogP contribution in [0.1, 0.15) is 30.9 Å². The van der Waals surface area contributed by atoms with Crippen LogP contribution in [0, 0.1) is 0 Å². The summed E-state index contributed by atoms with van der Waals surface area (Å²) < 4.78 is 0. The molecule has 0 fully saturated rings. The zero-order valence-corrected chi connectivity index (χ0v) is 8.17. The Hall–Kier alpha value is -1.24. The fourth-order valence-electron chi connectivity index (χ4n) is 1.73. The van der Waals surface area contributed by atoms with Crippen molar-refractivity contribution in [2.45, 2.75) is 26.2 Å². The Morgan fingerprint density at radius 3 is 3.00 bits per heavy atom. The monoisotopic (exact) mass is 173 g/mol. The molecule has 68 valence electrons. The van der Waals surface area contributed by atoms with Crippen LogP contribution in [0.15, 0.2) is 30.5 Å². The van der Waals surface area contributed by atoms with Crippen LogP contribution in [-0.2, 0) is 6.42 Å². The Labute approximate surface area is 79.5 Å². The standard InChI is InChI=1S/C12H15N/c1-3-10-4-5-11-9(2)6-7-13-12(11)8-10/h4-9,13H,3H2,1-2H3. The number of hydrogen-bond acceptors (Lipinski definition) is 1. The summed E-state index contributed by atoms with van der Waals surface area (Å²) in [5.41, 5.74) is 4.07. The van der Waals surface area contributed by atoms with Crippen LogP contribution in [0.25, 0.3) is 0 Å². The van der Waals surface area contributed by atoms with Gasteiger partial charge in [-0.1, -0.05) is 32.1 Å². The summed E-state index contributed by atoms with van der Waals surface area (Å²) in [6, 6.07) is 6.70. The van der Waals surface area contributed by atoms with Crippen molar-refractivity contribution >= 4 is 5.69 Å². The highest BCUT2D eigenvalue weighted by Gasteiger charge is 2.10. The van der Waals surface area contributed by atoms with Crippen LogP contribution in [-0.4, -0.2) is 0 Å². The molecule has 0 radical (unpaired) electrons. The van der Waals surface area contributed by atoms with Gasteiger partial charge in [0.05, 0.1) is 0 Å². The number of nitrogens with one attached hydrogen (secondary N) is 1. The third-order valence-corrected chi connectivity index (χ3v) is 2.64. The van der Waals surface area contributed by atoms with E-state index < -0.39 is 0 Å². The maximum absolute atomic E-state index is 3.29. The Morgan fingerprint density at radius 2 is 2.23 bits per heavy atom. The summed E-state index contributed by atoms with van der Waals surface area (Å²) in [4.78, 5) is 0. The van der Waals surface area contributed by atoms with Crippen molar-refractivity contribution in [1.29, 1.82) is 0 Å². The van der Waals surface area contributed by atoms with Gasteiger partial charge in [-0.15, -0.1) is 0 Å². The minimum absolute atomic E-state index is 0.544. The van der Waals surface area contributed by atoms with Gasteiger partial charge in [0, 0.05) is 11.6 Å². The molecule has 1 aromatic rings. The first-order valence-corrected chi connectivity index (χ1v) is 4.87. The predicted octanol–water partition coefficient (Wildman–Crippen LogP) is 3.29. The molecular formula is C12H15N. The number of anilines is 1. The fraction of sp³-hybridized carbons (Fsp3) is 0.333. The molecule has 1 N–H and O–H groups in total. The minimum Gasteiger partial charge on any atom is -0.362 e. The highest BCUT2D eigenvalue weighted by molar-refractivity contribution is 5.59. The van der Waals surface area contributed by atoms with Crippen molar-refractivity contribution in [3.05, 3.63) is 41.6 Å². The largest absolute Gasteiger partial charge is 0.362 e. The maximum Gasteiger partial charge on any atom is 0.0420 e. The van der Waals surface area contributed by atoms with Gasteiger partial charge in [-0.3, -0.25) is 0 Å². The summed E-state index contributed by atoms with van der Waals surface area (Å²) >= 11 is 0. The van der Waals surface area contributed by atoms with Crippen molar-refractivity contribution in [1.82, 2.24) is 0 Å². The van der Waals surface area contributed by atoms with E-state index in [1.54, 1.807) is 0 Å². The third-order valence-electron chi connectivity index (χ3n) is 2.64. The number of rotatable bonds is 1. The molecule has 1 atom stereocenters. The first-order valence-electron chi connectivity index (χ1n) is 4.87. The molecule has 1 aliphatic rings. The van der Waals surface area contributed by atoms with Crippen molar-refractivity contribution < 1.29 is 0 Å². The smallest absolute Gasteiger partial charge is 0.0420 e. The van der Waals surface area contributed by atoms with E-state index in [1.165, 1.54) is 16.8 Å². The van der Waals surface area contributed by atoms with Gasteiger partial charge in [-0.05, 0) is 29.8 Å². The van der Waals surface area contributed by atoms with Crippen LogP contribution in [0.2, 0.25) is 0 Å². The zero-order valence-electron chi connectivity index (χ0n) is 8.17. The average Bonchev–Trinajstić information content (AvgIpc) is 2.18. The van der Waals surface area contributed by atoms with E-state index >= 15 is 0 Å². The normalized spacial score (nSPS) is 19.4. The zero-order chi connectivity index (χ0) is 9.26. The van der Waals surface area contributed by atoms with E-state index in [0.717, 1.165) is 6.42 Å². The van der Waals surface area contributed by atoms with E-state index in [2.05, 4.69) is 43.4 Å². The van der Waals surface area contributed by atoms with Crippen molar-refractivity contribution in [3.8, 4) is 0 Å². The van der Waals surface area contributed by atoms with Gasteiger partial charge in [0.25, 0.3) is 0 Å². The van der Waals surface area contributed by atoms with Gasteiger partial charge in [0.1, 0.15) is 0 Å². The number of aryl methyl sites for hydroxylation is 1. The van der Waals surface area contributed by atoms with Crippen molar-refractivity contribution in [3.63, 3.8) is 0 Å². The molecule has 0 aliphatic carbocycles. The molecule has 1 nitrogen and oxygen atoms in total. The van der Waals surface area contributed by atoms with Gasteiger partial charge in [0.15, 0.2) is 0 Å². The van der Waals surface area contributed by atoms with E-state index in [4.69, 9.17) is 0 Å². The molecule has 1 heterocycles. The second-order valence-electron chi connectivity index (χ2n) is 3.57. The lowest BCUT2D eigenvalue weighted by atomic mass is 9.95. The highest BCUT2D eigenvalue weighted by atomic mass is 14.9. The van der Waals surface area contributed by atoms with Gasteiger partial charge in [0.2, 0.25) is 0 Å². The Bertz CT molecular complexity index is 339. The second kappa shape index (κ2) is 3.25. The van der Waals surface area contributed by atoms with Crippen LogP contribution in [0.4, 0.5) is 5.69 Å². The fourth-order valence-corrected chi connectivity index (χ4v) is 1.73. The van der Waals surface area contributed by atoms with E-state index in [0.29, 0.717) is 5.92 Å². The molecule has 1 heteroatoms.